The minimum Gasteiger partial charge on any atom is -0.207 e. The second-order valence-electron chi connectivity index (χ2n) is 6.03. The van der Waals surface area contributed by atoms with E-state index in [1.165, 1.54) is 7.05 Å². The molecule has 3 nitrogen and oxygen atoms in total. The lowest BCUT2D eigenvalue weighted by molar-refractivity contribution is 0.216. The van der Waals surface area contributed by atoms with Gasteiger partial charge in [-0.3, -0.25) is 0 Å². The Kier molecular flexibility index (Phi) is 5.40. The fourth-order valence-electron chi connectivity index (χ4n) is 1.81. The molecule has 0 saturated carbocycles. The average Bonchev–Trinajstić information content (AvgIpc) is 2.36. The van der Waals surface area contributed by atoms with E-state index >= 15 is 0 Å². The van der Waals surface area contributed by atoms with Crippen LogP contribution >= 0.6 is 11.6 Å². The second kappa shape index (κ2) is 6.18. The molecule has 0 amide bonds. The standard InChI is InChI=1S/C14H20ClF2NO2S/c1-9(14(2,3)4)18(5)21(19,20)12-7-6-11(16)10(8-15)13(12)17/h6-7,9H,8H2,1-5H3. The van der Waals surface area contributed by atoms with Gasteiger partial charge in [-0.15, -0.1) is 11.6 Å². The smallest absolute Gasteiger partial charge is 0.207 e. The van der Waals surface area contributed by atoms with Gasteiger partial charge in [-0.2, -0.15) is 4.31 Å². The van der Waals surface area contributed by atoms with Gasteiger partial charge in [0, 0.05) is 18.7 Å². The first-order valence-electron chi connectivity index (χ1n) is 6.45. The van der Waals surface area contributed by atoms with E-state index in [2.05, 4.69) is 0 Å². The summed E-state index contributed by atoms with van der Waals surface area (Å²) in [5.74, 6) is -2.41. The first-order chi connectivity index (χ1) is 9.44. The number of nitrogens with zero attached hydrogens (tertiary/aromatic N) is 1. The molecule has 1 aromatic carbocycles. The highest BCUT2D eigenvalue weighted by atomic mass is 35.5. The zero-order valence-corrected chi connectivity index (χ0v) is 14.3. The summed E-state index contributed by atoms with van der Waals surface area (Å²) in [7, 11) is -2.69. The van der Waals surface area contributed by atoms with Gasteiger partial charge in [-0.1, -0.05) is 20.8 Å². The molecule has 0 aliphatic rings. The number of hydrogen-bond donors (Lipinski definition) is 0. The number of halogens is 3. The molecule has 0 fully saturated rings. The summed E-state index contributed by atoms with van der Waals surface area (Å²) in [4.78, 5) is -0.557. The van der Waals surface area contributed by atoms with Gasteiger partial charge in [0.15, 0.2) is 5.82 Å². The average molecular weight is 340 g/mol. The number of benzene rings is 1. The summed E-state index contributed by atoms with van der Waals surface area (Å²) in [5, 5.41) is 0. The predicted molar refractivity (Wildman–Crippen MR) is 79.8 cm³/mol. The molecule has 0 heterocycles. The van der Waals surface area contributed by atoms with Crippen LogP contribution in [0.3, 0.4) is 0 Å². The maximum absolute atomic E-state index is 14.2. The summed E-state index contributed by atoms with van der Waals surface area (Å²) >= 11 is 5.49. The van der Waals surface area contributed by atoms with Gasteiger partial charge in [-0.05, 0) is 24.5 Å². The van der Waals surface area contributed by atoms with Gasteiger partial charge in [0.2, 0.25) is 10.0 Å². The summed E-state index contributed by atoms with van der Waals surface area (Å²) in [6, 6.07) is 1.48. The summed E-state index contributed by atoms with van der Waals surface area (Å²) < 4.78 is 53.8. The van der Waals surface area contributed by atoms with Crippen LogP contribution in [0.2, 0.25) is 0 Å². The van der Waals surface area contributed by atoms with E-state index in [0.29, 0.717) is 0 Å². The van der Waals surface area contributed by atoms with Crippen molar-refractivity contribution in [3.8, 4) is 0 Å². The molecule has 0 spiro atoms. The highest BCUT2D eigenvalue weighted by Crippen LogP contribution is 2.30. The minimum absolute atomic E-state index is 0.326. The fraction of sp³-hybridized carbons (Fsp3) is 0.571. The third-order valence-electron chi connectivity index (χ3n) is 3.74. The molecule has 7 heteroatoms. The normalized spacial score (nSPS) is 14.5. The highest BCUT2D eigenvalue weighted by molar-refractivity contribution is 7.89. The number of sulfonamides is 1. The van der Waals surface area contributed by atoms with E-state index in [4.69, 9.17) is 11.6 Å². The molecule has 0 aliphatic heterocycles. The van der Waals surface area contributed by atoms with E-state index in [1.54, 1.807) is 6.92 Å². The van der Waals surface area contributed by atoms with Crippen molar-refractivity contribution < 1.29 is 17.2 Å². The van der Waals surface area contributed by atoms with Gasteiger partial charge in [0.1, 0.15) is 10.7 Å². The quantitative estimate of drug-likeness (QED) is 0.783. The molecule has 1 atom stereocenters. The molecular weight excluding hydrogens is 320 g/mol. The molecule has 0 aromatic heterocycles. The summed E-state index contributed by atoms with van der Waals surface area (Å²) in [6.07, 6.45) is 0. The van der Waals surface area contributed by atoms with Crippen LogP contribution in [0.4, 0.5) is 8.78 Å². The first kappa shape index (κ1) is 18.3. The summed E-state index contributed by atoms with van der Waals surface area (Å²) in [6.45, 7) is 7.39. The molecule has 1 rings (SSSR count). The number of alkyl halides is 1. The molecule has 21 heavy (non-hydrogen) atoms. The lowest BCUT2D eigenvalue weighted by Crippen LogP contribution is -2.43. The van der Waals surface area contributed by atoms with Crippen LogP contribution in [0.1, 0.15) is 33.3 Å². The van der Waals surface area contributed by atoms with Crippen molar-refractivity contribution in [1.82, 2.24) is 4.31 Å². The van der Waals surface area contributed by atoms with Crippen LogP contribution in [-0.2, 0) is 15.9 Å². The lowest BCUT2D eigenvalue weighted by Gasteiger charge is -2.34. The molecule has 0 saturated heterocycles. The van der Waals surface area contributed by atoms with E-state index in [-0.39, 0.29) is 11.5 Å². The van der Waals surface area contributed by atoms with Crippen LogP contribution in [0, 0.1) is 17.0 Å². The van der Waals surface area contributed by atoms with E-state index < -0.39 is 38.0 Å². The largest absolute Gasteiger partial charge is 0.246 e. The number of hydrogen-bond acceptors (Lipinski definition) is 2. The van der Waals surface area contributed by atoms with Gasteiger partial charge in [-0.25, -0.2) is 17.2 Å². The molecule has 0 aliphatic carbocycles. The molecular formula is C14H20ClF2NO2S. The van der Waals surface area contributed by atoms with Crippen molar-refractivity contribution in [2.24, 2.45) is 5.41 Å². The lowest BCUT2D eigenvalue weighted by atomic mass is 9.88. The van der Waals surface area contributed by atoms with E-state index in [1.807, 2.05) is 20.8 Å². The van der Waals surface area contributed by atoms with Crippen molar-refractivity contribution in [2.75, 3.05) is 7.05 Å². The van der Waals surface area contributed by atoms with Crippen molar-refractivity contribution in [3.05, 3.63) is 29.3 Å². The van der Waals surface area contributed by atoms with E-state index in [9.17, 15) is 17.2 Å². The third-order valence-corrected chi connectivity index (χ3v) is 5.95. The first-order valence-corrected chi connectivity index (χ1v) is 8.43. The Bertz CT molecular complexity index is 627. The van der Waals surface area contributed by atoms with Crippen LogP contribution in [0.15, 0.2) is 17.0 Å². The summed E-state index contributed by atoms with van der Waals surface area (Å²) in [5.41, 5.74) is -0.761. The highest BCUT2D eigenvalue weighted by Gasteiger charge is 2.34. The number of rotatable bonds is 4. The Balaban J connectivity index is 3.39. The zero-order chi connectivity index (χ0) is 16.6. The van der Waals surface area contributed by atoms with Crippen molar-refractivity contribution in [3.63, 3.8) is 0 Å². The minimum atomic E-state index is -4.07. The van der Waals surface area contributed by atoms with Crippen LogP contribution in [0.25, 0.3) is 0 Å². The maximum atomic E-state index is 14.2. The van der Waals surface area contributed by atoms with E-state index in [0.717, 1.165) is 16.4 Å². The molecule has 0 bridgehead atoms. The molecule has 120 valence electrons. The maximum Gasteiger partial charge on any atom is 0.246 e. The third kappa shape index (κ3) is 3.55. The Morgan fingerprint density at radius 2 is 1.81 bits per heavy atom. The van der Waals surface area contributed by atoms with Crippen LogP contribution < -0.4 is 0 Å². The monoisotopic (exact) mass is 339 g/mol. The Hall–Kier alpha value is -0.720. The van der Waals surface area contributed by atoms with Crippen LogP contribution in [-0.4, -0.2) is 25.8 Å². The molecule has 1 unspecified atom stereocenters. The zero-order valence-electron chi connectivity index (χ0n) is 12.7. The molecule has 1 aromatic rings. The van der Waals surface area contributed by atoms with Crippen molar-refractivity contribution >= 4 is 21.6 Å². The topological polar surface area (TPSA) is 37.4 Å². The van der Waals surface area contributed by atoms with Crippen molar-refractivity contribution in [2.45, 2.75) is 44.5 Å². The van der Waals surface area contributed by atoms with Gasteiger partial charge in [0.05, 0.1) is 5.88 Å². The Morgan fingerprint density at radius 3 is 2.24 bits per heavy atom. The molecule has 0 radical (unpaired) electrons. The van der Waals surface area contributed by atoms with Crippen LogP contribution in [0.5, 0.6) is 0 Å². The second-order valence-corrected chi connectivity index (χ2v) is 8.27. The predicted octanol–water partition coefficient (Wildman–Crippen LogP) is 3.76. The molecule has 0 N–H and O–H groups in total. The Morgan fingerprint density at radius 1 is 1.29 bits per heavy atom. The Labute approximate surface area is 130 Å². The SMILES string of the molecule is CC(N(C)S(=O)(=O)c1ccc(F)c(CCl)c1F)C(C)(C)C. The van der Waals surface area contributed by atoms with Crippen molar-refractivity contribution in [1.29, 1.82) is 0 Å². The fourth-order valence-corrected chi connectivity index (χ4v) is 3.68. The van der Waals surface area contributed by atoms with Gasteiger partial charge < -0.3 is 0 Å². The van der Waals surface area contributed by atoms with Gasteiger partial charge in [0.25, 0.3) is 0 Å². The van der Waals surface area contributed by atoms with Gasteiger partial charge >= 0.3 is 0 Å².